The smallest absolute Gasteiger partial charge is 0.134 e. The summed E-state index contributed by atoms with van der Waals surface area (Å²) in [7, 11) is 0. The average Bonchev–Trinajstić information content (AvgIpc) is 3.11. The molecule has 4 aromatic rings. The molecule has 0 atom stereocenters. The minimum absolute atomic E-state index is 0.252. The van der Waals surface area contributed by atoms with Crippen LogP contribution in [0.15, 0.2) is 84.9 Å². The van der Waals surface area contributed by atoms with Crippen molar-refractivity contribution < 1.29 is 32.1 Å². The SMILES string of the molecule is OCCC(CCCCCCCCOc1ccc(-c2ccc(F)cc2)c(F)c1)CCCCCCCCOc1ccc(-c2ccc(F)cc2)c(F)c1. The third kappa shape index (κ3) is 13.8. The van der Waals surface area contributed by atoms with E-state index in [0.29, 0.717) is 52.9 Å². The number of aliphatic hydroxyl groups is 1. The van der Waals surface area contributed by atoms with Crippen molar-refractivity contribution in [2.24, 2.45) is 5.92 Å². The van der Waals surface area contributed by atoms with E-state index in [2.05, 4.69) is 0 Å². The lowest BCUT2D eigenvalue weighted by atomic mass is 9.92. The molecule has 50 heavy (non-hydrogen) atoms. The topological polar surface area (TPSA) is 38.7 Å². The first-order chi connectivity index (χ1) is 24.4. The summed E-state index contributed by atoms with van der Waals surface area (Å²) in [6.07, 6.45) is 16.7. The summed E-state index contributed by atoms with van der Waals surface area (Å²) >= 11 is 0. The van der Waals surface area contributed by atoms with E-state index in [1.807, 2.05) is 0 Å². The van der Waals surface area contributed by atoms with Crippen LogP contribution >= 0.6 is 0 Å². The van der Waals surface area contributed by atoms with Crippen LogP contribution in [0.25, 0.3) is 22.3 Å². The van der Waals surface area contributed by atoms with Gasteiger partial charge in [0.05, 0.1) is 13.2 Å². The summed E-state index contributed by atoms with van der Waals surface area (Å²) in [6.45, 7) is 1.36. The van der Waals surface area contributed by atoms with Gasteiger partial charge >= 0.3 is 0 Å². The first-order valence-electron chi connectivity index (χ1n) is 18.4. The highest BCUT2D eigenvalue weighted by atomic mass is 19.1. The molecule has 0 unspecified atom stereocenters. The Kier molecular flexibility index (Phi) is 17.2. The molecule has 0 fully saturated rings. The van der Waals surface area contributed by atoms with Crippen LogP contribution in [0.3, 0.4) is 0 Å². The molecule has 1 N–H and O–H groups in total. The molecule has 0 aromatic heterocycles. The number of hydrogen-bond donors (Lipinski definition) is 1. The van der Waals surface area contributed by atoms with Crippen LogP contribution in [0.2, 0.25) is 0 Å². The van der Waals surface area contributed by atoms with Crippen LogP contribution in [-0.4, -0.2) is 24.9 Å². The van der Waals surface area contributed by atoms with Crippen molar-refractivity contribution in [2.75, 3.05) is 19.8 Å². The molecule has 0 heterocycles. The monoisotopic (exact) mass is 692 g/mol. The van der Waals surface area contributed by atoms with Crippen LogP contribution in [0.1, 0.15) is 96.3 Å². The highest BCUT2D eigenvalue weighted by Crippen LogP contribution is 2.28. The molecule has 4 rings (SSSR count). The summed E-state index contributed by atoms with van der Waals surface area (Å²) in [5.74, 6) is 0.162. The number of unbranched alkanes of at least 4 members (excludes halogenated alkanes) is 10. The lowest BCUT2D eigenvalue weighted by Gasteiger charge is -2.15. The van der Waals surface area contributed by atoms with Gasteiger partial charge in [-0.1, -0.05) is 101 Å². The average molecular weight is 693 g/mol. The minimum atomic E-state index is -0.378. The molecule has 0 aliphatic heterocycles. The first-order valence-corrected chi connectivity index (χ1v) is 18.4. The molecule has 0 spiro atoms. The largest absolute Gasteiger partial charge is 0.493 e. The maximum atomic E-state index is 14.5. The Morgan fingerprint density at radius 2 is 0.820 bits per heavy atom. The van der Waals surface area contributed by atoms with Gasteiger partial charge in [0.25, 0.3) is 0 Å². The van der Waals surface area contributed by atoms with Crippen molar-refractivity contribution in [3.8, 4) is 33.8 Å². The third-order valence-electron chi connectivity index (χ3n) is 9.28. The predicted molar refractivity (Wildman–Crippen MR) is 194 cm³/mol. The Balaban J connectivity index is 0.965. The maximum Gasteiger partial charge on any atom is 0.134 e. The summed E-state index contributed by atoms with van der Waals surface area (Å²) in [6, 6.07) is 21.2. The fourth-order valence-corrected chi connectivity index (χ4v) is 6.38. The van der Waals surface area contributed by atoms with Crippen molar-refractivity contribution in [3.63, 3.8) is 0 Å². The van der Waals surface area contributed by atoms with Crippen LogP contribution in [0.4, 0.5) is 17.6 Å². The van der Waals surface area contributed by atoms with E-state index in [1.165, 1.54) is 87.8 Å². The van der Waals surface area contributed by atoms with E-state index in [1.54, 1.807) is 48.5 Å². The quantitative estimate of drug-likeness (QED) is 0.0587. The molecule has 0 saturated carbocycles. The lowest BCUT2D eigenvalue weighted by molar-refractivity contribution is 0.241. The van der Waals surface area contributed by atoms with Gasteiger partial charge < -0.3 is 14.6 Å². The van der Waals surface area contributed by atoms with E-state index in [-0.39, 0.29) is 29.9 Å². The number of ether oxygens (including phenoxy) is 2. The molecule has 0 aliphatic rings. The van der Waals surface area contributed by atoms with Crippen LogP contribution < -0.4 is 9.47 Å². The number of halogens is 4. The van der Waals surface area contributed by atoms with Gasteiger partial charge in [0.1, 0.15) is 34.8 Å². The summed E-state index contributed by atoms with van der Waals surface area (Å²) in [5, 5.41) is 9.54. The second-order valence-corrected chi connectivity index (χ2v) is 13.2. The summed E-state index contributed by atoms with van der Waals surface area (Å²) in [5.41, 5.74) is 2.13. The van der Waals surface area contributed by atoms with Gasteiger partial charge in [0.2, 0.25) is 0 Å². The molecule has 0 saturated heterocycles. The van der Waals surface area contributed by atoms with E-state index in [4.69, 9.17) is 9.47 Å². The standard InChI is InChI=1S/C43H52F4O3/c44-36-19-15-34(16-20-36)40-25-23-38(31-42(40)46)49-29-11-7-3-1-5-9-13-33(27-28-48)14-10-6-2-4-8-12-30-50-39-24-26-41(43(47)32-39)35-17-21-37(45)22-18-35/h15-26,31-33,48H,1-14,27-30H2. The fourth-order valence-electron chi connectivity index (χ4n) is 6.38. The summed E-state index contributed by atoms with van der Waals surface area (Å²) in [4.78, 5) is 0. The zero-order valence-electron chi connectivity index (χ0n) is 29.2. The number of hydrogen-bond acceptors (Lipinski definition) is 3. The van der Waals surface area contributed by atoms with Crippen molar-refractivity contribution in [1.29, 1.82) is 0 Å². The molecule has 3 nitrogen and oxygen atoms in total. The normalized spacial score (nSPS) is 11.3. The number of aliphatic hydroxyl groups excluding tert-OH is 1. The Hall–Kier alpha value is -3.84. The van der Waals surface area contributed by atoms with Gasteiger partial charge in [-0.05, 0) is 84.8 Å². The molecule has 0 amide bonds. The lowest BCUT2D eigenvalue weighted by Crippen LogP contribution is -2.04. The number of benzene rings is 4. The van der Waals surface area contributed by atoms with Gasteiger partial charge in [-0.2, -0.15) is 0 Å². The van der Waals surface area contributed by atoms with E-state index >= 15 is 0 Å². The fraction of sp³-hybridized carbons (Fsp3) is 0.442. The molecule has 7 heteroatoms. The summed E-state index contributed by atoms with van der Waals surface area (Å²) < 4.78 is 66.9. The molecular formula is C43H52F4O3. The van der Waals surface area contributed by atoms with Gasteiger partial charge in [-0.15, -0.1) is 0 Å². The second kappa shape index (κ2) is 22.1. The zero-order chi connectivity index (χ0) is 35.4. The zero-order valence-corrected chi connectivity index (χ0v) is 29.2. The maximum absolute atomic E-state index is 14.5. The molecule has 0 bridgehead atoms. The molecule has 0 radical (unpaired) electrons. The van der Waals surface area contributed by atoms with Gasteiger partial charge in [0.15, 0.2) is 0 Å². The van der Waals surface area contributed by atoms with Crippen molar-refractivity contribution in [3.05, 3.63) is 108 Å². The molecule has 270 valence electrons. The third-order valence-corrected chi connectivity index (χ3v) is 9.28. The number of rotatable bonds is 24. The highest BCUT2D eigenvalue weighted by molar-refractivity contribution is 5.65. The first kappa shape index (κ1) is 39.0. The highest BCUT2D eigenvalue weighted by Gasteiger charge is 2.10. The van der Waals surface area contributed by atoms with Crippen molar-refractivity contribution >= 4 is 0 Å². The Morgan fingerprint density at radius 3 is 1.20 bits per heavy atom. The van der Waals surface area contributed by atoms with Crippen LogP contribution in [0.5, 0.6) is 11.5 Å². The van der Waals surface area contributed by atoms with E-state index < -0.39 is 0 Å². The van der Waals surface area contributed by atoms with Crippen molar-refractivity contribution in [1.82, 2.24) is 0 Å². The Bertz CT molecular complexity index is 1410. The Morgan fingerprint density at radius 1 is 0.440 bits per heavy atom. The Labute approximate surface area is 295 Å². The van der Waals surface area contributed by atoms with E-state index in [9.17, 15) is 22.7 Å². The second-order valence-electron chi connectivity index (χ2n) is 13.2. The van der Waals surface area contributed by atoms with Gasteiger partial charge in [-0.3, -0.25) is 0 Å². The van der Waals surface area contributed by atoms with E-state index in [0.717, 1.165) is 44.9 Å². The molecule has 4 aromatic carbocycles. The van der Waals surface area contributed by atoms with Gasteiger partial charge in [-0.25, -0.2) is 17.6 Å². The minimum Gasteiger partial charge on any atom is -0.493 e. The predicted octanol–water partition coefficient (Wildman–Crippen LogP) is 12.5. The molecule has 0 aliphatic carbocycles. The van der Waals surface area contributed by atoms with Crippen molar-refractivity contribution in [2.45, 2.75) is 96.3 Å². The van der Waals surface area contributed by atoms with Crippen LogP contribution in [0, 0.1) is 29.2 Å². The van der Waals surface area contributed by atoms with Gasteiger partial charge in [0, 0.05) is 29.9 Å². The van der Waals surface area contributed by atoms with Crippen LogP contribution in [-0.2, 0) is 0 Å². The molecular weight excluding hydrogens is 640 g/mol.